The highest BCUT2D eigenvalue weighted by atomic mass is 35.5. The van der Waals surface area contributed by atoms with E-state index in [1.807, 2.05) is 6.07 Å². The molecule has 0 radical (unpaired) electrons. The van der Waals surface area contributed by atoms with Crippen LogP contribution in [0.25, 0.3) is 0 Å². The number of nitrogens with one attached hydrogen (secondary N) is 1. The van der Waals surface area contributed by atoms with E-state index in [0.717, 1.165) is 0 Å². The van der Waals surface area contributed by atoms with Crippen LogP contribution in [0.1, 0.15) is 0 Å². The Morgan fingerprint density at radius 3 is 2.41 bits per heavy atom. The van der Waals surface area contributed by atoms with E-state index < -0.39 is 12.0 Å². The number of rotatable bonds is 2. The first-order chi connectivity index (χ1) is 10.5. The van der Waals surface area contributed by atoms with Gasteiger partial charge in [-0.1, -0.05) is 46.9 Å². The molecule has 1 amide bonds. The molecule has 1 heterocycles. The summed E-state index contributed by atoms with van der Waals surface area (Å²) in [6, 6.07) is 10.1. The summed E-state index contributed by atoms with van der Waals surface area (Å²) in [5.41, 5.74) is 0.292. The van der Waals surface area contributed by atoms with E-state index in [1.54, 1.807) is 18.2 Å². The van der Waals surface area contributed by atoms with Gasteiger partial charge in [0.2, 0.25) is 6.10 Å². The number of amides is 1. The molecule has 0 saturated carbocycles. The van der Waals surface area contributed by atoms with E-state index in [4.69, 9.17) is 44.3 Å². The molecule has 3 rings (SSSR count). The molecule has 1 aliphatic heterocycles. The van der Waals surface area contributed by atoms with E-state index in [-0.39, 0.29) is 16.7 Å². The van der Waals surface area contributed by atoms with Crippen molar-refractivity contribution in [3.63, 3.8) is 0 Å². The molecule has 2 aromatic rings. The van der Waals surface area contributed by atoms with Crippen molar-refractivity contribution in [1.29, 1.82) is 0 Å². The van der Waals surface area contributed by atoms with E-state index in [1.165, 1.54) is 12.1 Å². The summed E-state index contributed by atoms with van der Waals surface area (Å²) in [7, 11) is 0. The Hall–Kier alpha value is -1.62. The summed E-state index contributed by atoms with van der Waals surface area (Å²) < 4.78 is 11.1. The molecule has 114 valence electrons. The predicted octanol–water partition coefficient (Wildman–Crippen LogP) is 4.43. The second kappa shape index (κ2) is 6.24. The Morgan fingerprint density at radius 1 is 1.09 bits per heavy atom. The number of benzene rings is 2. The van der Waals surface area contributed by atoms with Gasteiger partial charge >= 0.3 is 0 Å². The van der Waals surface area contributed by atoms with Gasteiger partial charge in [0.15, 0.2) is 11.5 Å². The highest BCUT2D eigenvalue weighted by Gasteiger charge is 2.28. The van der Waals surface area contributed by atoms with Crippen LogP contribution < -0.4 is 14.8 Å². The van der Waals surface area contributed by atoms with Crippen molar-refractivity contribution in [3.05, 3.63) is 51.5 Å². The number of fused-ring (bicyclic) bond motifs is 1. The first kappa shape index (κ1) is 15.3. The SMILES string of the molecule is O=C(Nc1c(Cl)cc(Cl)cc1Cl)C1COc2ccccc2O1. The van der Waals surface area contributed by atoms with E-state index in [2.05, 4.69) is 5.32 Å². The number of hydrogen-bond acceptors (Lipinski definition) is 3. The van der Waals surface area contributed by atoms with Gasteiger partial charge in [-0.15, -0.1) is 0 Å². The van der Waals surface area contributed by atoms with Gasteiger partial charge in [-0.25, -0.2) is 0 Å². The first-order valence-corrected chi connectivity index (χ1v) is 7.52. The molecular formula is C15H10Cl3NO3. The van der Waals surface area contributed by atoms with Crippen molar-refractivity contribution < 1.29 is 14.3 Å². The average molecular weight is 359 g/mol. The zero-order chi connectivity index (χ0) is 15.7. The number of hydrogen-bond donors (Lipinski definition) is 1. The molecule has 0 aliphatic carbocycles. The van der Waals surface area contributed by atoms with Gasteiger partial charge in [-0.3, -0.25) is 4.79 Å². The summed E-state index contributed by atoms with van der Waals surface area (Å²) in [5, 5.41) is 3.53. The number of carbonyl (C=O) groups excluding carboxylic acids is 1. The number of anilines is 1. The summed E-state index contributed by atoms with van der Waals surface area (Å²) in [5.74, 6) is 0.719. The molecule has 2 aromatic carbocycles. The van der Waals surface area contributed by atoms with Crippen molar-refractivity contribution in [1.82, 2.24) is 0 Å². The molecule has 22 heavy (non-hydrogen) atoms. The van der Waals surface area contributed by atoms with Gasteiger partial charge in [-0.05, 0) is 24.3 Å². The van der Waals surface area contributed by atoms with Gasteiger partial charge in [0.05, 0.1) is 15.7 Å². The first-order valence-electron chi connectivity index (χ1n) is 6.38. The standard InChI is InChI=1S/C15H10Cl3NO3/c16-8-5-9(17)14(10(18)6-8)19-15(20)13-7-21-11-3-1-2-4-12(11)22-13/h1-6,13H,7H2,(H,19,20). The van der Waals surface area contributed by atoms with Crippen LogP contribution in [0, 0.1) is 0 Å². The third-order valence-electron chi connectivity index (χ3n) is 3.06. The minimum Gasteiger partial charge on any atom is -0.485 e. The highest BCUT2D eigenvalue weighted by Crippen LogP contribution is 2.35. The molecule has 7 heteroatoms. The average Bonchev–Trinajstić information content (AvgIpc) is 2.50. The Kier molecular flexibility index (Phi) is 4.34. The largest absolute Gasteiger partial charge is 0.485 e. The fourth-order valence-electron chi connectivity index (χ4n) is 2.01. The van der Waals surface area contributed by atoms with Gasteiger partial charge in [0.1, 0.15) is 6.61 Å². The number of halogens is 3. The van der Waals surface area contributed by atoms with E-state index in [0.29, 0.717) is 22.2 Å². The maximum absolute atomic E-state index is 12.3. The third-order valence-corrected chi connectivity index (χ3v) is 3.87. The predicted molar refractivity (Wildman–Crippen MR) is 86.5 cm³/mol. The van der Waals surface area contributed by atoms with Gasteiger partial charge < -0.3 is 14.8 Å². The number of ether oxygens (including phenoxy) is 2. The van der Waals surface area contributed by atoms with Crippen molar-refractivity contribution in [2.45, 2.75) is 6.10 Å². The fraction of sp³-hybridized carbons (Fsp3) is 0.133. The van der Waals surface area contributed by atoms with Gasteiger partial charge in [-0.2, -0.15) is 0 Å². The zero-order valence-corrected chi connectivity index (χ0v) is 13.4. The second-order valence-electron chi connectivity index (χ2n) is 4.60. The normalized spacial score (nSPS) is 16.2. The van der Waals surface area contributed by atoms with Crippen molar-refractivity contribution in [2.24, 2.45) is 0 Å². The van der Waals surface area contributed by atoms with Crippen molar-refractivity contribution in [3.8, 4) is 11.5 Å². The Balaban J connectivity index is 1.77. The lowest BCUT2D eigenvalue weighted by Gasteiger charge is -2.25. The van der Waals surface area contributed by atoms with Crippen molar-refractivity contribution in [2.75, 3.05) is 11.9 Å². The van der Waals surface area contributed by atoms with E-state index >= 15 is 0 Å². The van der Waals surface area contributed by atoms with E-state index in [9.17, 15) is 4.79 Å². The molecule has 0 aromatic heterocycles. The maximum Gasteiger partial charge on any atom is 0.269 e. The Bertz CT molecular complexity index is 713. The second-order valence-corrected chi connectivity index (χ2v) is 5.85. The maximum atomic E-state index is 12.3. The minimum absolute atomic E-state index is 0.103. The molecule has 1 N–H and O–H groups in total. The monoisotopic (exact) mass is 357 g/mol. The number of para-hydroxylation sites is 2. The molecule has 1 aliphatic rings. The van der Waals surface area contributed by atoms with Gasteiger partial charge in [0, 0.05) is 5.02 Å². The molecule has 4 nitrogen and oxygen atoms in total. The van der Waals surface area contributed by atoms with Gasteiger partial charge in [0.25, 0.3) is 5.91 Å². The van der Waals surface area contributed by atoms with Crippen LogP contribution in [0.2, 0.25) is 15.1 Å². The number of carbonyl (C=O) groups is 1. The molecule has 0 saturated heterocycles. The topological polar surface area (TPSA) is 47.6 Å². The van der Waals surface area contributed by atoms with Crippen LogP contribution >= 0.6 is 34.8 Å². The summed E-state index contributed by atoms with van der Waals surface area (Å²) in [6.07, 6.45) is -0.794. The zero-order valence-electron chi connectivity index (χ0n) is 11.1. The Labute approximate surface area is 141 Å². The smallest absolute Gasteiger partial charge is 0.269 e. The van der Waals surface area contributed by atoms with Crippen molar-refractivity contribution >= 4 is 46.4 Å². The van der Waals surface area contributed by atoms with Crippen LogP contribution in [0.5, 0.6) is 11.5 Å². The van der Waals surface area contributed by atoms with Crippen LogP contribution in [0.3, 0.4) is 0 Å². The fourth-order valence-corrected chi connectivity index (χ4v) is 2.93. The molecule has 0 spiro atoms. The highest BCUT2D eigenvalue weighted by molar-refractivity contribution is 6.42. The molecule has 1 atom stereocenters. The summed E-state index contributed by atoms with van der Waals surface area (Å²) >= 11 is 17.9. The molecular weight excluding hydrogens is 349 g/mol. The van der Waals surface area contributed by atoms with Crippen LogP contribution in [-0.2, 0) is 4.79 Å². The molecule has 0 bridgehead atoms. The van der Waals surface area contributed by atoms with Crippen LogP contribution in [0.4, 0.5) is 5.69 Å². The lowest BCUT2D eigenvalue weighted by atomic mass is 10.2. The quantitative estimate of drug-likeness (QED) is 0.864. The Morgan fingerprint density at radius 2 is 1.73 bits per heavy atom. The lowest BCUT2D eigenvalue weighted by Crippen LogP contribution is -2.40. The third kappa shape index (κ3) is 3.09. The summed E-state index contributed by atoms with van der Waals surface area (Å²) in [6.45, 7) is 0.103. The summed E-state index contributed by atoms with van der Waals surface area (Å²) in [4.78, 5) is 12.3. The molecule has 1 unspecified atom stereocenters. The molecule has 0 fully saturated rings. The minimum atomic E-state index is -0.794. The van der Waals surface area contributed by atoms with Crippen LogP contribution in [-0.4, -0.2) is 18.6 Å². The lowest BCUT2D eigenvalue weighted by molar-refractivity contribution is -0.125. The van der Waals surface area contributed by atoms with Crippen LogP contribution in [0.15, 0.2) is 36.4 Å².